The molecule has 0 saturated carbocycles. The molecule has 1 aliphatic rings. The molecule has 0 aliphatic carbocycles. The van der Waals surface area contributed by atoms with E-state index in [-0.39, 0.29) is 32.5 Å². The van der Waals surface area contributed by atoms with Gasteiger partial charge in [-0.1, -0.05) is 53.7 Å². The van der Waals surface area contributed by atoms with Crippen LogP contribution >= 0.6 is 23.4 Å². The number of H-pyrrole nitrogens is 1. The number of pyridine rings is 2. The minimum absolute atomic E-state index is 0.0616. The number of primary amides is 1. The van der Waals surface area contributed by atoms with Gasteiger partial charge >= 0.3 is 0 Å². The van der Waals surface area contributed by atoms with Gasteiger partial charge in [0.25, 0.3) is 0 Å². The first-order chi connectivity index (χ1) is 27.1. The van der Waals surface area contributed by atoms with Crippen molar-refractivity contribution in [2.75, 3.05) is 20.1 Å². The Balaban J connectivity index is 1.48. The summed E-state index contributed by atoms with van der Waals surface area (Å²) in [7, 11) is 1.53. The van der Waals surface area contributed by atoms with Crippen LogP contribution in [-0.2, 0) is 38.7 Å². The Bertz CT molecular complexity index is 2200. The lowest BCUT2D eigenvalue weighted by atomic mass is 10.0. The van der Waals surface area contributed by atoms with Crippen LogP contribution in [-0.4, -0.2) is 75.7 Å². The zero-order valence-electron chi connectivity index (χ0n) is 31.1. The molecular weight excluding hydrogens is 750 g/mol. The third kappa shape index (κ3) is 9.93. The van der Waals surface area contributed by atoms with E-state index in [0.29, 0.717) is 47.2 Å². The van der Waals surface area contributed by atoms with Crippen LogP contribution in [0.3, 0.4) is 0 Å². The summed E-state index contributed by atoms with van der Waals surface area (Å²) in [6.45, 7) is 0.456. The van der Waals surface area contributed by atoms with Crippen molar-refractivity contribution >= 4 is 57.9 Å². The third-order valence-electron chi connectivity index (χ3n) is 9.85. The van der Waals surface area contributed by atoms with Crippen LogP contribution in [0.5, 0.6) is 0 Å². The number of nitrogens with zero attached hydrogens (tertiary/aromatic N) is 3. The van der Waals surface area contributed by atoms with E-state index in [2.05, 4.69) is 32.0 Å². The van der Waals surface area contributed by atoms with Crippen LogP contribution in [0.15, 0.2) is 89.3 Å². The number of carbonyl (C=O) groups is 4. The average molecular weight is 796 g/mol. The summed E-state index contributed by atoms with van der Waals surface area (Å²) < 4.78 is 0. The molecule has 2 aromatic carbocycles. The van der Waals surface area contributed by atoms with Crippen LogP contribution in [0.4, 0.5) is 0 Å². The molecule has 5 aromatic rings. The second kappa shape index (κ2) is 19.0. The van der Waals surface area contributed by atoms with Crippen molar-refractivity contribution in [1.82, 2.24) is 35.8 Å². The number of nitrogens with two attached hydrogens (primary N) is 2. The molecule has 1 aliphatic heterocycles. The first kappa shape index (κ1) is 40.4. The number of hydrogen-bond donors (Lipinski definition) is 6. The van der Waals surface area contributed by atoms with E-state index in [1.807, 2.05) is 54.7 Å². The van der Waals surface area contributed by atoms with Gasteiger partial charge in [0.05, 0.1) is 17.6 Å². The quantitative estimate of drug-likeness (QED) is 0.111. The fourth-order valence-electron chi connectivity index (χ4n) is 6.87. The Morgan fingerprint density at radius 1 is 0.964 bits per heavy atom. The maximum absolute atomic E-state index is 14.1. The van der Waals surface area contributed by atoms with Crippen molar-refractivity contribution in [3.8, 4) is 11.1 Å². The lowest BCUT2D eigenvalue weighted by molar-refractivity contribution is -0.138. The highest BCUT2D eigenvalue weighted by Gasteiger charge is 2.29. The van der Waals surface area contributed by atoms with Crippen LogP contribution in [0.1, 0.15) is 54.4 Å². The Hall–Kier alpha value is -5.28. The highest BCUT2D eigenvalue weighted by Crippen LogP contribution is 2.42. The van der Waals surface area contributed by atoms with Gasteiger partial charge in [0, 0.05) is 84.7 Å². The lowest BCUT2D eigenvalue weighted by Gasteiger charge is -2.27. The standard InChI is InChI=1S/C41H46ClN9O4S/c1-51-24-37(53)49-23-31-28(26-7-6-17-45-20-26)11-12-32(42)38(31)56-40-30(25(15-18-46-40)19-27-21-47-33-9-3-2-8-29(27)33)22-48-34(13-14-36(44)52)39(54)50-35(41(51)55)10-4-5-16-43/h2-3,6-9,11-12,15,17-18,20-21,34-35,47-48H,4-5,10,13-14,16,19,22-24,43H2,1H3,(H2,44,52)(H,49,53)(H,50,54)/t34-,35-/m0/s1. The molecule has 0 unspecified atom stereocenters. The number of amides is 4. The highest BCUT2D eigenvalue weighted by atomic mass is 35.5. The van der Waals surface area contributed by atoms with E-state index in [9.17, 15) is 19.2 Å². The number of fused-ring (bicyclic) bond motifs is 3. The maximum atomic E-state index is 14.1. The predicted molar refractivity (Wildman–Crippen MR) is 218 cm³/mol. The van der Waals surface area contributed by atoms with Crippen LogP contribution in [0, 0.1) is 0 Å². The topological polar surface area (TPSA) is 201 Å². The van der Waals surface area contributed by atoms with Gasteiger partial charge in [-0.2, -0.15) is 0 Å². The van der Waals surface area contributed by atoms with Gasteiger partial charge in [0.1, 0.15) is 11.1 Å². The smallest absolute Gasteiger partial charge is 0.245 e. The molecule has 0 bridgehead atoms. The molecule has 15 heteroatoms. The normalized spacial score (nSPS) is 17.1. The number of benzene rings is 2. The molecule has 2 atom stereocenters. The molecule has 56 heavy (non-hydrogen) atoms. The van der Waals surface area contributed by atoms with E-state index < -0.39 is 35.7 Å². The average Bonchev–Trinajstić information content (AvgIpc) is 3.60. The Labute approximate surface area is 334 Å². The number of carbonyl (C=O) groups excluding carboxylic acids is 4. The van der Waals surface area contributed by atoms with Crippen molar-refractivity contribution in [3.63, 3.8) is 0 Å². The van der Waals surface area contributed by atoms with E-state index in [4.69, 9.17) is 28.1 Å². The fraction of sp³-hybridized carbons (Fsp3) is 0.317. The molecular formula is C41H46ClN9O4S. The van der Waals surface area contributed by atoms with Gasteiger partial charge in [-0.05, 0) is 78.7 Å². The van der Waals surface area contributed by atoms with Crippen molar-refractivity contribution < 1.29 is 19.2 Å². The number of aromatic nitrogens is 3. The summed E-state index contributed by atoms with van der Waals surface area (Å²) in [5.74, 6) is -1.84. The second-order valence-corrected chi connectivity index (χ2v) is 15.2. The minimum Gasteiger partial charge on any atom is -0.370 e. The van der Waals surface area contributed by atoms with Gasteiger partial charge in [-0.25, -0.2) is 4.98 Å². The monoisotopic (exact) mass is 795 g/mol. The van der Waals surface area contributed by atoms with Crippen LogP contribution in [0.2, 0.25) is 5.02 Å². The van der Waals surface area contributed by atoms with E-state index >= 15 is 0 Å². The summed E-state index contributed by atoms with van der Waals surface area (Å²) in [5.41, 5.74) is 17.6. The molecule has 0 saturated heterocycles. The molecule has 6 rings (SSSR count). The zero-order valence-corrected chi connectivity index (χ0v) is 32.7. The number of unbranched alkanes of at least 4 members (excludes halogenated alkanes) is 1. The summed E-state index contributed by atoms with van der Waals surface area (Å²) in [6, 6.07) is 15.7. The molecule has 0 fully saturated rings. The number of rotatable bonds is 10. The molecule has 3 aromatic heterocycles. The van der Waals surface area contributed by atoms with Gasteiger partial charge in [0.2, 0.25) is 23.6 Å². The molecule has 0 radical (unpaired) electrons. The van der Waals surface area contributed by atoms with Gasteiger partial charge in [-0.15, -0.1) is 0 Å². The molecule has 8 N–H and O–H groups in total. The SMILES string of the molecule is CN1CC(=O)NCc2c(-c3cccnc3)ccc(Cl)c2Sc2nccc(Cc3c[nH]c4ccccc34)c2CN[C@@H](CCC(N)=O)C(=O)N[C@@H](CCCCN)C1=O. The number of halogens is 1. The largest absolute Gasteiger partial charge is 0.370 e. The zero-order chi connectivity index (χ0) is 39.6. The van der Waals surface area contributed by atoms with E-state index in [1.165, 1.54) is 23.7 Å². The number of para-hydroxylation sites is 1. The molecule has 4 amide bonds. The maximum Gasteiger partial charge on any atom is 0.245 e. The Kier molecular flexibility index (Phi) is 13.7. The summed E-state index contributed by atoms with van der Waals surface area (Å²) in [5, 5.41) is 11.5. The summed E-state index contributed by atoms with van der Waals surface area (Å²) in [6.07, 6.45) is 9.31. The summed E-state index contributed by atoms with van der Waals surface area (Å²) >= 11 is 8.38. The molecule has 0 spiro atoms. The van der Waals surface area contributed by atoms with Crippen LogP contribution < -0.4 is 27.4 Å². The number of hydrogen-bond acceptors (Lipinski definition) is 9. The van der Waals surface area contributed by atoms with Crippen molar-refractivity contribution in [2.24, 2.45) is 11.5 Å². The van der Waals surface area contributed by atoms with Gasteiger partial charge in [0.15, 0.2) is 0 Å². The first-order valence-corrected chi connectivity index (χ1v) is 19.8. The van der Waals surface area contributed by atoms with Gasteiger partial charge < -0.3 is 37.3 Å². The number of aromatic amines is 1. The Morgan fingerprint density at radius 3 is 2.59 bits per heavy atom. The van der Waals surface area contributed by atoms with Crippen molar-refractivity contribution in [2.45, 2.75) is 73.6 Å². The molecule has 13 nitrogen and oxygen atoms in total. The first-order valence-electron chi connectivity index (χ1n) is 18.6. The van der Waals surface area contributed by atoms with Crippen molar-refractivity contribution in [3.05, 3.63) is 107 Å². The van der Waals surface area contributed by atoms with E-state index in [1.54, 1.807) is 18.6 Å². The second-order valence-electron chi connectivity index (χ2n) is 13.8. The highest BCUT2D eigenvalue weighted by molar-refractivity contribution is 7.99. The number of nitrogens with one attached hydrogen (secondary N) is 4. The third-order valence-corrected chi connectivity index (χ3v) is 11.5. The van der Waals surface area contributed by atoms with Crippen molar-refractivity contribution in [1.29, 1.82) is 0 Å². The fourth-order valence-corrected chi connectivity index (χ4v) is 8.27. The Morgan fingerprint density at radius 2 is 1.80 bits per heavy atom. The summed E-state index contributed by atoms with van der Waals surface area (Å²) in [4.78, 5) is 68.0. The van der Waals surface area contributed by atoms with Gasteiger partial charge in [-0.3, -0.25) is 24.2 Å². The lowest BCUT2D eigenvalue weighted by Crippen LogP contribution is -2.54. The molecule has 292 valence electrons. The molecule has 4 heterocycles. The predicted octanol–water partition coefficient (Wildman–Crippen LogP) is 4.45. The van der Waals surface area contributed by atoms with E-state index in [0.717, 1.165) is 44.3 Å². The number of likely N-dealkylation sites (N-methyl/N-ethyl adjacent to an activating group) is 1. The minimum atomic E-state index is -0.931. The van der Waals surface area contributed by atoms with Crippen LogP contribution in [0.25, 0.3) is 22.0 Å².